The summed E-state index contributed by atoms with van der Waals surface area (Å²) in [7, 11) is 0. The van der Waals surface area contributed by atoms with Crippen molar-refractivity contribution in [3.8, 4) is 0 Å². The predicted molar refractivity (Wildman–Crippen MR) is 84.3 cm³/mol. The number of H-pyrrole nitrogens is 1. The number of benzene rings is 1. The highest BCUT2D eigenvalue weighted by Crippen LogP contribution is 2.32. The Labute approximate surface area is 130 Å². The van der Waals surface area contributed by atoms with E-state index >= 15 is 0 Å². The first-order valence-corrected chi connectivity index (χ1v) is 7.32. The van der Waals surface area contributed by atoms with Crippen LogP contribution in [0.15, 0.2) is 29.1 Å². The van der Waals surface area contributed by atoms with Crippen LogP contribution in [0.3, 0.4) is 0 Å². The summed E-state index contributed by atoms with van der Waals surface area (Å²) >= 11 is 0. The van der Waals surface area contributed by atoms with Crippen LogP contribution >= 0.6 is 0 Å². The lowest BCUT2D eigenvalue weighted by Crippen LogP contribution is -2.42. The highest BCUT2D eigenvalue weighted by Gasteiger charge is 2.31. The highest BCUT2D eigenvalue weighted by atomic mass is 16.6. The van der Waals surface area contributed by atoms with Gasteiger partial charge in [0.2, 0.25) is 5.56 Å². The molecule has 1 unspecified atom stereocenters. The molecule has 1 amide bonds. The largest absolute Gasteiger partial charge is 0.348 e. The van der Waals surface area contributed by atoms with Gasteiger partial charge in [0.05, 0.1) is 10.5 Å². The number of carbonyl (C=O) groups is 1. The molecule has 120 valence electrons. The molecule has 3 rings (SSSR count). The van der Waals surface area contributed by atoms with Gasteiger partial charge in [-0.15, -0.1) is 0 Å². The molecule has 1 heterocycles. The Morgan fingerprint density at radius 3 is 2.78 bits per heavy atom. The van der Waals surface area contributed by atoms with E-state index in [9.17, 15) is 19.7 Å². The van der Waals surface area contributed by atoms with Gasteiger partial charge in [-0.1, -0.05) is 0 Å². The molecule has 8 nitrogen and oxygen atoms in total. The number of nitrogens with two attached hydrogens (primary N) is 1. The highest BCUT2D eigenvalue weighted by molar-refractivity contribution is 6.06. The first-order valence-electron chi connectivity index (χ1n) is 7.32. The third-order valence-electron chi connectivity index (χ3n) is 4.04. The maximum absolute atomic E-state index is 12.5. The third kappa shape index (κ3) is 3.07. The van der Waals surface area contributed by atoms with Crippen LogP contribution in [-0.4, -0.2) is 28.4 Å². The fraction of sp³-hybridized carbons (Fsp3) is 0.333. The molecule has 0 radical (unpaired) electrons. The van der Waals surface area contributed by atoms with Gasteiger partial charge in [-0.2, -0.15) is 0 Å². The molecule has 0 saturated heterocycles. The first kappa shape index (κ1) is 15.2. The number of aromatic nitrogens is 1. The summed E-state index contributed by atoms with van der Waals surface area (Å²) in [5.74, 6) is -0.0736. The molecule has 1 aromatic carbocycles. The molecular formula is C15H16N4O4. The van der Waals surface area contributed by atoms with Crippen LogP contribution in [0.4, 0.5) is 5.69 Å². The SMILES string of the molecule is NCC(NC(=O)c1cc(=O)[nH]c2ccc([N+](=O)[O-])cc12)C1CC1. The van der Waals surface area contributed by atoms with Gasteiger partial charge < -0.3 is 16.0 Å². The Kier molecular flexibility index (Phi) is 3.83. The van der Waals surface area contributed by atoms with Crippen molar-refractivity contribution in [2.75, 3.05) is 6.54 Å². The van der Waals surface area contributed by atoms with Crippen molar-refractivity contribution >= 4 is 22.5 Å². The smallest absolute Gasteiger partial charge is 0.270 e. The van der Waals surface area contributed by atoms with Gasteiger partial charge >= 0.3 is 0 Å². The number of nitro benzene ring substituents is 1. The van der Waals surface area contributed by atoms with Crippen LogP contribution in [0.5, 0.6) is 0 Å². The first-order chi connectivity index (χ1) is 11.0. The number of fused-ring (bicyclic) bond motifs is 1. The van der Waals surface area contributed by atoms with E-state index in [0.29, 0.717) is 23.4 Å². The monoisotopic (exact) mass is 316 g/mol. The molecule has 1 aromatic heterocycles. The van der Waals surface area contributed by atoms with Crippen molar-refractivity contribution in [3.05, 3.63) is 50.3 Å². The van der Waals surface area contributed by atoms with Crippen LogP contribution in [0.25, 0.3) is 10.9 Å². The zero-order valence-corrected chi connectivity index (χ0v) is 12.2. The molecule has 0 bridgehead atoms. The minimum Gasteiger partial charge on any atom is -0.348 e. The summed E-state index contributed by atoms with van der Waals surface area (Å²) in [4.78, 5) is 37.2. The molecule has 1 saturated carbocycles. The van der Waals surface area contributed by atoms with E-state index in [1.165, 1.54) is 18.2 Å². The zero-order chi connectivity index (χ0) is 16.6. The molecule has 1 aliphatic rings. The summed E-state index contributed by atoms with van der Waals surface area (Å²) in [6, 6.07) is 5.01. The predicted octanol–water partition coefficient (Wildman–Crippen LogP) is 0.903. The lowest BCUT2D eigenvalue weighted by molar-refractivity contribution is -0.384. The van der Waals surface area contributed by atoms with Crippen molar-refractivity contribution < 1.29 is 9.72 Å². The van der Waals surface area contributed by atoms with Gasteiger partial charge in [0.1, 0.15) is 0 Å². The summed E-state index contributed by atoms with van der Waals surface area (Å²) in [5.41, 5.74) is 5.59. The van der Waals surface area contributed by atoms with Gasteiger partial charge in [-0.3, -0.25) is 19.7 Å². The second kappa shape index (κ2) is 5.81. The normalized spacial score (nSPS) is 15.3. The van der Waals surface area contributed by atoms with Crippen LogP contribution in [0.1, 0.15) is 23.2 Å². The maximum atomic E-state index is 12.5. The summed E-state index contributed by atoms with van der Waals surface area (Å²) in [5, 5.41) is 14.1. The molecule has 0 aliphatic heterocycles. The van der Waals surface area contributed by atoms with Gasteiger partial charge in [-0.05, 0) is 24.8 Å². The number of nitrogens with one attached hydrogen (secondary N) is 2. The van der Waals surface area contributed by atoms with Crippen molar-refractivity contribution in [1.29, 1.82) is 0 Å². The average Bonchev–Trinajstić information content (AvgIpc) is 3.35. The van der Waals surface area contributed by atoms with Gasteiger partial charge in [-0.25, -0.2) is 0 Å². The average molecular weight is 316 g/mol. The number of non-ortho nitro benzene ring substituents is 1. The summed E-state index contributed by atoms with van der Waals surface area (Å²) in [6.45, 7) is 0.317. The number of nitrogens with zero attached hydrogens (tertiary/aromatic N) is 1. The van der Waals surface area contributed by atoms with E-state index < -0.39 is 16.4 Å². The summed E-state index contributed by atoms with van der Waals surface area (Å²) in [6.07, 6.45) is 2.04. The van der Waals surface area contributed by atoms with E-state index in [1.54, 1.807) is 0 Å². The molecule has 23 heavy (non-hydrogen) atoms. The minimum absolute atomic E-state index is 0.117. The van der Waals surface area contributed by atoms with Crippen LogP contribution < -0.4 is 16.6 Å². The number of nitro groups is 1. The van der Waals surface area contributed by atoms with E-state index in [-0.39, 0.29) is 17.3 Å². The van der Waals surface area contributed by atoms with Crippen molar-refractivity contribution in [2.45, 2.75) is 18.9 Å². The molecule has 2 aromatic rings. The molecule has 4 N–H and O–H groups in total. The number of rotatable bonds is 5. The second-order valence-corrected chi connectivity index (χ2v) is 5.69. The third-order valence-corrected chi connectivity index (χ3v) is 4.04. The molecule has 1 atom stereocenters. The minimum atomic E-state index is -0.543. The van der Waals surface area contributed by atoms with Crippen molar-refractivity contribution in [2.24, 2.45) is 11.7 Å². The number of pyridine rings is 1. The lowest BCUT2D eigenvalue weighted by Gasteiger charge is -2.16. The van der Waals surface area contributed by atoms with E-state index in [4.69, 9.17) is 5.73 Å². The number of amides is 1. The fourth-order valence-electron chi connectivity index (χ4n) is 2.66. The Hall–Kier alpha value is -2.74. The van der Waals surface area contributed by atoms with Crippen LogP contribution in [0, 0.1) is 16.0 Å². The maximum Gasteiger partial charge on any atom is 0.270 e. The number of hydrogen-bond donors (Lipinski definition) is 3. The topological polar surface area (TPSA) is 131 Å². The number of aromatic amines is 1. The summed E-state index contributed by atoms with van der Waals surface area (Å²) < 4.78 is 0. The van der Waals surface area contributed by atoms with Crippen molar-refractivity contribution in [1.82, 2.24) is 10.3 Å². The lowest BCUT2D eigenvalue weighted by atomic mass is 10.1. The van der Waals surface area contributed by atoms with Crippen molar-refractivity contribution in [3.63, 3.8) is 0 Å². The number of hydrogen-bond acceptors (Lipinski definition) is 5. The second-order valence-electron chi connectivity index (χ2n) is 5.69. The van der Waals surface area contributed by atoms with Crippen LogP contribution in [0.2, 0.25) is 0 Å². The van der Waals surface area contributed by atoms with E-state index in [1.807, 2.05) is 0 Å². The van der Waals surface area contributed by atoms with Gasteiger partial charge in [0.25, 0.3) is 11.6 Å². The van der Waals surface area contributed by atoms with E-state index in [0.717, 1.165) is 18.9 Å². The van der Waals surface area contributed by atoms with Crippen LogP contribution in [-0.2, 0) is 0 Å². The number of carbonyl (C=O) groups excluding carboxylic acids is 1. The molecule has 8 heteroatoms. The fourth-order valence-corrected chi connectivity index (χ4v) is 2.66. The molecule has 1 aliphatic carbocycles. The standard InChI is InChI=1S/C15H16N4O4/c16-7-13(8-1-2-8)18-15(21)11-6-14(20)17-12-4-3-9(19(22)23)5-10(11)12/h3-6,8,13H,1-2,7,16H2,(H,17,20)(H,18,21). The molecule has 1 fully saturated rings. The van der Waals surface area contributed by atoms with Gasteiger partial charge in [0.15, 0.2) is 0 Å². The zero-order valence-electron chi connectivity index (χ0n) is 12.2. The Bertz CT molecular complexity index is 841. The van der Waals surface area contributed by atoms with Gasteiger partial charge in [0, 0.05) is 41.7 Å². The molecule has 0 spiro atoms. The molecular weight excluding hydrogens is 300 g/mol. The Morgan fingerprint density at radius 1 is 1.43 bits per heavy atom. The quantitative estimate of drug-likeness (QED) is 0.557. The Balaban J connectivity index is 2.03. The van der Waals surface area contributed by atoms with E-state index in [2.05, 4.69) is 10.3 Å². The Morgan fingerprint density at radius 2 is 2.17 bits per heavy atom.